The molecule has 0 radical (unpaired) electrons. The van der Waals surface area contributed by atoms with Gasteiger partial charge in [0.25, 0.3) is 0 Å². The number of nitrogens with zero attached hydrogens (tertiary/aromatic N) is 2. The number of guanidine groups is 1. The number of hydrogen-bond donors (Lipinski definition) is 2. The third-order valence-electron chi connectivity index (χ3n) is 4.16. The van der Waals surface area contributed by atoms with E-state index in [2.05, 4.69) is 41.4 Å². The number of aryl methyl sites for hydroxylation is 1. The molecule has 0 spiro atoms. The number of hydrogen-bond acceptors (Lipinski definition) is 3. The van der Waals surface area contributed by atoms with Crippen LogP contribution in [0.25, 0.3) is 0 Å². The molecular formula is C16H28N4S. The van der Waals surface area contributed by atoms with Crippen molar-refractivity contribution in [1.29, 1.82) is 0 Å². The number of aromatic nitrogens is 1. The zero-order valence-electron chi connectivity index (χ0n) is 13.5. The van der Waals surface area contributed by atoms with E-state index in [1.807, 2.05) is 6.20 Å². The first-order chi connectivity index (χ1) is 10.1. The van der Waals surface area contributed by atoms with Gasteiger partial charge in [0.15, 0.2) is 5.96 Å². The summed E-state index contributed by atoms with van der Waals surface area (Å²) in [5, 5.41) is 7.93. The zero-order valence-corrected chi connectivity index (χ0v) is 14.4. The lowest BCUT2D eigenvalue weighted by Crippen LogP contribution is -2.42. The highest BCUT2D eigenvalue weighted by molar-refractivity contribution is 7.11. The monoisotopic (exact) mass is 308 g/mol. The minimum Gasteiger partial charge on any atom is -0.357 e. The maximum Gasteiger partial charge on any atom is 0.191 e. The molecule has 2 rings (SSSR count). The summed E-state index contributed by atoms with van der Waals surface area (Å²) < 4.78 is 0. The molecule has 0 aliphatic heterocycles. The average molecular weight is 308 g/mol. The molecule has 0 bridgehead atoms. The molecule has 0 atom stereocenters. The largest absolute Gasteiger partial charge is 0.357 e. The lowest BCUT2D eigenvalue weighted by atomic mass is 9.89. The van der Waals surface area contributed by atoms with Crippen LogP contribution in [0.5, 0.6) is 0 Å². The second-order valence-electron chi connectivity index (χ2n) is 6.14. The normalized spacial score (nSPS) is 18.0. The quantitative estimate of drug-likeness (QED) is 0.626. The van der Waals surface area contributed by atoms with E-state index < -0.39 is 0 Å². The van der Waals surface area contributed by atoms with E-state index in [9.17, 15) is 0 Å². The summed E-state index contributed by atoms with van der Waals surface area (Å²) in [6.07, 6.45) is 8.40. The fourth-order valence-corrected chi connectivity index (χ4v) is 3.56. The molecular weight excluding hydrogens is 280 g/mol. The molecule has 1 aliphatic rings. The Labute approximate surface area is 132 Å². The summed E-state index contributed by atoms with van der Waals surface area (Å²) in [6, 6.07) is 0. The molecule has 1 aliphatic carbocycles. The Morgan fingerprint density at radius 1 is 1.33 bits per heavy atom. The fourth-order valence-electron chi connectivity index (χ4n) is 2.78. The van der Waals surface area contributed by atoms with Crippen LogP contribution in [-0.2, 0) is 13.0 Å². The average Bonchev–Trinajstić information content (AvgIpc) is 3.11. The molecule has 1 fully saturated rings. The minimum atomic E-state index is 0.437. The summed E-state index contributed by atoms with van der Waals surface area (Å²) in [5.74, 6) is 0.916. The topological polar surface area (TPSA) is 49.3 Å². The van der Waals surface area contributed by atoms with Gasteiger partial charge in [-0.05, 0) is 31.6 Å². The van der Waals surface area contributed by atoms with Crippen LogP contribution in [0.15, 0.2) is 11.2 Å². The van der Waals surface area contributed by atoms with Crippen LogP contribution in [0.3, 0.4) is 0 Å². The lowest BCUT2D eigenvalue weighted by Gasteiger charge is -2.25. The molecule has 4 nitrogen and oxygen atoms in total. The summed E-state index contributed by atoms with van der Waals surface area (Å²) in [5.41, 5.74) is 0.437. The van der Waals surface area contributed by atoms with Gasteiger partial charge < -0.3 is 10.6 Å². The molecule has 1 heterocycles. The maximum absolute atomic E-state index is 4.67. The molecule has 0 aromatic carbocycles. The molecule has 1 saturated carbocycles. The van der Waals surface area contributed by atoms with E-state index >= 15 is 0 Å². The van der Waals surface area contributed by atoms with Crippen LogP contribution in [0, 0.1) is 5.41 Å². The van der Waals surface area contributed by atoms with Gasteiger partial charge in [-0.25, -0.2) is 9.98 Å². The Hall–Kier alpha value is -1.10. The van der Waals surface area contributed by atoms with Crippen LogP contribution >= 0.6 is 11.3 Å². The van der Waals surface area contributed by atoms with Crippen LogP contribution in [-0.4, -0.2) is 24.0 Å². The van der Waals surface area contributed by atoms with Crippen molar-refractivity contribution in [1.82, 2.24) is 15.6 Å². The Morgan fingerprint density at radius 3 is 2.71 bits per heavy atom. The van der Waals surface area contributed by atoms with Crippen LogP contribution in [0.4, 0.5) is 0 Å². The van der Waals surface area contributed by atoms with Gasteiger partial charge in [0.05, 0.1) is 6.54 Å². The van der Waals surface area contributed by atoms with E-state index in [1.165, 1.54) is 30.6 Å². The predicted octanol–water partition coefficient (Wildman–Crippen LogP) is 3.34. The molecule has 2 N–H and O–H groups in total. The highest BCUT2D eigenvalue weighted by Crippen LogP contribution is 2.36. The summed E-state index contributed by atoms with van der Waals surface area (Å²) in [6.45, 7) is 9.21. The highest BCUT2D eigenvalue weighted by atomic mass is 32.1. The minimum absolute atomic E-state index is 0.437. The van der Waals surface area contributed by atoms with Crippen molar-refractivity contribution in [3.63, 3.8) is 0 Å². The zero-order chi connectivity index (χ0) is 15.1. The van der Waals surface area contributed by atoms with Crippen LogP contribution < -0.4 is 10.6 Å². The Balaban J connectivity index is 1.89. The summed E-state index contributed by atoms with van der Waals surface area (Å²) >= 11 is 1.76. The summed E-state index contributed by atoms with van der Waals surface area (Å²) in [7, 11) is 0. The number of thiazole rings is 1. The van der Waals surface area contributed by atoms with Crippen molar-refractivity contribution in [2.75, 3.05) is 13.1 Å². The van der Waals surface area contributed by atoms with Crippen molar-refractivity contribution in [2.24, 2.45) is 10.4 Å². The van der Waals surface area contributed by atoms with Gasteiger partial charge in [0.1, 0.15) is 5.01 Å². The molecule has 118 valence electrons. The van der Waals surface area contributed by atoms with E-state index in [-0.39, 0.29) is 0 Å². The Kier molecular flexibility index (Phi) is 6.03. The number of rotatable bonds is 6. The molecule has 5 heteroatoms. The van der Waals surface area contributed by atoms with Gasteiger partial charge in [-0.1, -0.05) is 26.7 Å². The van der Waals surface area contributed by atoms with Crippen LogP contribution in [0.1, 0.15) is 56.3 Å². The smallest absolute Gasteiger partial charge is 0.191 e. The van der Waals surface area contributed by atoms with E-state index in [0.29, 0.717) is 12.0 Å². The predicted molar refractivity (Wildman–Crippen MR) is 90.9 cm³/mol. The first kappa shape index (κ1) is 16.3. The van der Waals surface area contributed by atoms with Gasteiger partial charge in [0, 0.05) is 24.2 Å². The third-order valence-corrected chi connectivity index (χ3v) is 5.29. The van der Waals surface area contributed by atoms with Gasteiger partial charge in [-0.2, -0.15) is 0 Å². The summed E-state index contributed by atoms with van der Waals surface area (Å²) in [4.78, 5) is 10.4. The third kappa shape index (κ3) is 4.99. The first-order valence-electron chi connectivity index (χ1n) is 8.11. The fraction of sp³-hybridized carbons (Fsp3) is 0.750. The van der Waals surface area contributed by atoms with Crippen molar-refractivity contribution in [3.8, 4) is 0 Å². The van der Waals surface area contributed by atoms with Crippen molar-refractivity contribution < 1.29 is 0 Å². The number of aliphatic imine (C=N–C) groups is 1. The van der Waals surface area contributed by atoms with E-state index in [0.717, 1.165) is 30.5 Å². The van der Waals surface area contributed by atoms with E-state index in [1.54, 1.807) is 11.3 Å². The first-order valence-corrected chi connectivity index (χ1v) is 8.92. The molecule has 0 amide bonds. The Morgan fingerprint density at radius 2 is 2.10 bits per heavy atom. The lowest BCUT2D eigenvalue weighted by molar-refractivity contribution is 0.334. The van der Waals surface area contributed by atoms with Crippen molar-refractivity contribution in [2.45, 2.75) is 59.4 Å². The molecule has 0 saturated heterocycles. The van der Waals surface area contributed by atoms with Gasteiger partial charge >= 0.3 is 0 Å². The standard InChI is InChI=1S/C16H28N4S/c1-4-13-10-18-14(21-13)11-19-15(17-5-2)20-12-16(3)8-6-7-9-16/h10H,4-9,11-12H2,1-3H3,(H2,17,19,20). The molecule has 21 heavy (non-hydrogen) atoms. The van der Waals surface area contributed by atoms with Crippen molar-refractivity contribution in [3.05, 3.63) is 16.1 Å². The molecule has 1 aromatic heterocycles. The van der Waals surface area contributed by atoms with E-state index in [4.69, 9.17) is 0 Å². The van der Waals surface area contributed by atoms with Gasteiger partial charge in [-0.15, -0.1) is 11.3 Å². The van der Waals surface area contributed by atoms with Crippen molar-refractivity contribution >= 4 is 17.3 Å². The van der Waals surface area contributed by atoms with Crippen LogP contribution in [0.2, 0.25) is 0 Å². The van der Waals surface area contributed by atoms with Gasteiger partial charge in [-0.3, -0.25) is 0 Å². The maximum atomic E-state index is 4.67. The Bertz CT molecular complexity index is 461. The molecule has 0 unspecified atom stereocenters. The second kappa shape index (κ2) is 7.78. The highest BCUT2D eigenvalue weighted by Gasteiger charge is 2.28. The SMILES string of the molecule is CCNC(=NCc1ncc(CC)s1)NCC1(C)CCCC1. The number of nitrogens with one attached hydrogen (secondary N) is 2. The molecule has 1 aromatic rings. The second-order valence-corrected chi connectivity index (χ2v) is 7.34. The van der Waals surface area contributed by atoms with Gasteiger partial charge in [0.2, 0.25) is 0 Å².